The number of amides is 2. The van der Waals surface area contributed by atoms with Gasteiger partial charge in [-0.15, -0.1) is 0 Å². The zero-order valence-electron chi connectivity index (χ0n) is 15.6. The van der Waals surface area contributed by atoms with Crippen LogP contribution in [0.4, 0.5) is 0 Å². The molecule has 1 N–H and O–H groups in total. The van der Waals surface area contributed by atoms with Gasteiger partial charge in [0.05, 0.1) is 40.7 Å². The van der Waals surface area contributed by atoms with E-state index in [9.17, 15) is 20.1 Å². The van der Waals surface area contributed by atoms with Gasteiger partial charge in [-0.25, -0.2) is 5.01 Å². The second-order valence-corrected chi connectivity index (χ2v) is 8.04. The van der Waals surface area contributed by atoms with Gasteiger partial charge in [-0.3, -0.25) is 9.59 Å². The van der Waals surface area contributed by atoms with Gasteiger partial charge in [0.25, 0.3) is 5.91 Å². The maximum absolute atomic E-state index is 12.6. The molecular weight excluding hydrogens is 374 g/mol. The fourth-order valence-electron chi connectivity index (χ4n) is 3.21. The van der Waals surface area contributed by atoms with Gasteiger partial charge < -0.3 is 5.32 Å². The minimum atomic E-state index is -0.946. The van der Waals surface area contributed by atoms with Crippen molar-refractivity contribution in [1.82, 2.24) is 10.3 Å². The van der Waals surface area contributed by atoms with E-state index in [0.29, 0.717) is 23.6 Å². The maximum atomic E-state index is 12.6. The molecule has 2 heterocycles. The minimum Gasteiger partial charge on any atom is -0.319 e. The molecule has 3 rings (SSSR count). The van der Waals surface area contributed by atoms with Gasteiger partial charge in [0.1, 0.15) is 5.92 Å². The molecule has 7 nitrogen and oxygen atoms in total. The number of nitriles is 2. The van der Waals surface area contributed by atoms with Crippen LogP contribution in [0.3, 0.4) is 0 Å². The highest BCUT2D eigenvalue weighted by Crippen LogP contribution is 2.41. The molecule has 28 heavy (non-hydrogen) atoms. The molecule has 0 fully saturated rings. The molecule has 8 heteroatoms. The number of carbonyl (C=O) groups is 2. The van der Waals surface area contributed by atoms with Crippen molar-refractivity contribution in [3.05, 3.63) is 46.5 Å². The number of nitrogens with one attached hydrogen (secondary N) is 1. The standard InChI is InChI=1S/C20H19N5O2S/c1-20(2)14(10-21)18(27)23-19(15(20)11-22)28-12-17(26)25-9-8-16(24-25)13-6-4-3-5-7-13/h3-7,14H,8-9,12H2,1-2H3,(H,23,27)/t14-/m1/s1. The van der Waals surface area contributed by atoms with E-state index in [1.165, 1.54) is 5.01 Å². The van der Waals surface area contributed by atoms with Crippen LogP contribution in [0.25, 0.3) is 0 Å². The molecule has 2 amide bonds. The fraction of sp³-hybridized carbons (Fsp3) is 0.350. The van der Waals surface area contributed by atoms with Crippen molar-refractivity contribution in [2.75, 3.05) is 12.3 Å². The number of allylic oxidation sites excluding steroid dienone is 1. The lowest BCUT2D eigenvalue weighted by Gasteiger charge is -2.34. The summed E-state index contributed by atoms with van der Waals surface area (Å²) in [5, 5.41) is 27.6. The third-order valence-corrected chi connectivity index (χ3v) is 5.86. The van der Waals surface area contributed by atoms with Gasteiger partial charge in [-0.05, 0) is 5.56 Å². The summed E-state index contributed by atoms with van der Waals surface area (Å²) >= 11 is 1.10. The first kappa shape index (κ1) is 19.7. The second-order valence-electron chi connectivity index (χ2n) is 7.06. The summed E-state index contributed by atoms with van der Waals surface area (Å²) in [4.78, 5) is 24.8. The summed E-state index contributed by atoms with van der Waals surface area (Å²) in [5.74, 6) is -1.55. The van der Waals surface area contributed by atoms with Crippen LogP contribution in [0, 0.1) is 34.0 Å². The van der Waals surface area contributed by atoms with Crippen molar-refractivity contribution in [3.8, 4) is 12.1 Å². The predicted molar refractivity (Wildman–Crippen MR) is 105 cm³/mol. The summed E-state index contributed by atoms with van der Waals surface area (Å²) in [6.45, 7) is 3.89. The lowest BCUT2D eigenvalue weighted by Crippen LogP contribution is -2.44. The molecule has 0 aliphatic carbocycles. The predicted octanol–water partition coefficient (Wildman–Crippen LogP) is 2.39. The van der Waals surface area contributed by atoms with E-state index < -0.39 is 17.2 Å². The van der Waals surface area contributed by atoms with Crippen LogP contribution in [0.15, 0.2) is 46.0 Å². The molecule has 142 valence electrons. The van der Waals surface area contributed by atoms with E-state index in [4.69, 9.17) is 0 Å². The van der Waals surface area contributed by atoms with Gasteiger partial charge in [-0.1, -0.05) is 55.9 Å². The fourth-order valence-corrected chi connectivity index (χ4v) is 4.26. The minimum absolute atomic E-state index is 0.0413. The number of carbonyl (C=O) groups excluding carboxylic acids is 2. The van der Waals surface area contributed by atoms with Crippen molar-refractivity contribution in [2.45, 2.75) is 20.3 Å². The van der Waals surface area contributed by atoms with E-state index in [-0.39, 0.29) is 11.7 Å². The molecule has 2 aliphatic rings. The van der Waals surface area contributed by atoms with Crippen LogP contribution in [-0.2, 0) is 9.59 Å². The lowest BCUT2D eigenvalue weighted by atomic mass is 9.72. The number of rotatable bonds is 4. The molecule has 1 aromatic carbocycles. The Hall–Kier alpha value is -3.10. The third kappa shape index (κ3) is 3.64. The maximum Gasteiger partial charge on any atom is 0.253 e. The molecule has 0 saturated heterocycles. The van der Waals surface area contributed by atoms with E-state index >= 15 is 0 Å². The molecule has 0 aromatic heterocycles. The van der Waals surface area contributed by atoms with Crippen molar-refractivity contribution in [1.29, 1.82) is 10.5 Å². The Balaban J connectivity index is 1.72. The topological polar surface area (TPSA) is 109 Å². The highest BCUT2D eigenvalue weighted by Gasteiger charge is 2.44. The average Bonchev–Trinajstić information content (AvgIpc) is 3.16. The van der Waals surface area contributed by atoms with E-state index in [0.717, 1.165) is 23.0 Å². The molecular formula is C20H19N5O2S. The molecule has 1 atom stereocenters. The summed E-state index contributed by atoms with van der Waals surface area (Å²) in [6, 6.07) is 13.7. The third-order valence-electron chi connectivity index (χ3n) is 4.87. The number of thioether (sulfide) groups is 1. The molecule has 0 radical (unpaired) electrons. The quantitative estimate of drug-likeness (QED) is 0.845. The Morgan fingerprint density at radius 2 is 2.07 bits per heavy atom. The molecule has 1 aromatic rings. The Bertz CT molecular complexity index is 953. The number of hydrogen-bond acceptors (Lipinski definition) is 6. The van der Waals surface area contributed by atoms with Crippen LogP contribution in [0.1, 0.15) is 25.8 Å². The zero-order valence-corrected chi connectivity index (χ0v) is 16.4. The monoisotopic (exact) mass is 393 g/mol. The molecule has 2 aliphatic heterocycles. The highest BCUT2D eigenvalue weighted by atomic mass is 32.2. The summed E-state index contributed by atoms with van der Waals surface area (Å²) < 4.78 is 0. The van der Waals surface area contributed by atoms with Crippen molar-refractivity contribution < 1.29 is 9.59 Å². The molecule has 0 bridgehead atoms. The second kappa shape index (κ2) is 7.87. The Labute approximate surface area is 167 Å². The summed E-state index contributed by atoms with van der Waals surface area (Å²) in [7, 11) is 0. The van der Waals surface area contributed by atoms with Gasteiger partial charge in [0.15, 0.2) is 0 Å². The van der Waals surface area contributed by atoms with Gasteiger partial charge in [-0.2, -0.15) is 15.6 Å². The molecule has 0 unspecified atom stereocenters. The van der Waals surface area contributed by atoms with E-state index in [1.54, 1.807) is 13.8 Å². The SMILES string of the molecule is CC1(C)C(C#N)=C(SCC(=O)N2CCC(c3ccccc3)=N2)NC(=O)[C@H]1C#N. The Morgan fingerprint density at radius 3 is 2.71 bits per heavy atom. The van der Waals surface area contributed by atoms with Crippen molar-refractivity contribution >= 4 is 29.3 Å². The van der Waals surface area contributed by atoms with E-state index in [2.05, 4.69) is 16.5 Å². The first-order chi connectivity index (χ1) is 13.4. The van der Waals surface area contributed by atoms with Crippen LogP contribution in [0.5, 0.6) is 0 Å². The largest absolute Gasteiger partial charge is 0.319 e. The van der Waals surface area contributed by atoms with E-state index in [1.807, 2.05) is 36.4 Å². The Kier molecular flexibility index (Phi) is 5.53. The Morgan fingerprint density at radius 1 is 1.36 bits per heavy atom. The van der Waals surface area contributed by atoms with Crippen LogP contribution in [0.2, 0.25) is 0 Å². The lowest BCUT2D eigenvalue weighted by molar-refractivity contribution is -0.128. The first-order valence-electron chi connectivity index (χ1n) is 8.80. The van der Waals surface area contributed by atoms with Crippen LogP contribution in [-0.4, -0.2) is 34.8 Å². The van der Waals surface area contributed by atoms with Crippen LogP contribution >= 0.6 is 11.8 Å². The number of benzene rings is 1. The number of nitrogens with zero attached hydrogens (tertiary/aromatic N) is 4. The van der Waals surface area contributed by atoms with Gasteiger partial charge in [0.2, 0.25) is 5.91 Å². The molecule has 0 saturated carbocycles. The van der Waals surface area contributed by atoms with Gasteiger partial charge in [0, 0.05) is 11.8 Å². The van der Waals surface area contributed by atoms with Crippen molar-refractivity contribution in [3.63, 3.8) is 0 Å². The smallest absolute Gasteiger partial charge is 0.253 e. The first-order valence-corrected chi connectivity index (χ1v) is 9.78. The van der Waals surface area contributed by atoms with Crippen molar-refractivity contribution in [2.24, 2.45) is 16.4 Å². The summed E-state index contributed by atoms with van der Waals surface area (Å²) in [6.07, 6.45) is 0.681. The number of hydrogen-bond donors (Lipinski definition) is 1. The zero-order chi connectivity index (χ0) is 20.3. The van der Waals surface area contributed by atoms with Gasteiger partial charge >= 0.3 is 0 Å². The highest BCUT2D eigenvalue weighted by molar-refractivity contribution is 8.03. The average molecular weight is 393 g/mol. The normalized spacial score (nSPS) is 20.9. The summed E-state index contributed by atoms with van der Waals surface area (Å²) in [5.41, 5.74) is 1.25. The molecule has 0 spiro atoms. The van der Waals surface area contributed by atoms with Crippen LogP contribution < -0.4 is 5.32 Å². The number of hydrazone groups is 1.